The highest BCUT2D eigenvalue weighted by atomic mass is 16.5. The van der Waals surface area contributed by atoms with Gasteiger partial charge in [-0.2, -0.15) is 0 Å². The number of hydrazine groups is 1. The van der Waals surface area contributed by atoms with Crippen molar-refractivity contribution in [3.05, 3.63) is 65.7 Å². The van der Waals surface area contributed by atoms with Gasteiger partial charge in [0.25, 0.3) is 0 Å². The summed E-state index contributed by atoms with van der Waals surface area (Å²) in [5.74, 6) is 6.46. The molecule has 0 radical (unpaired) electrons. The summed E-state index contributed by atoms with van der Waals surface area (Å²) in [5.41, 5.74) is 5.26. The number of hydrogen-bond acceptors (Lipinski definition) is 3. The number of nitrogens with two attached hydrogens (primary N) is 1. The van der Waals surface area contributed by atoms with E-state index >= 15 is 0 Å². The lowest BCUT2D eigenvalue weighted by Gasteiger charge is -2.17. The topological polar surface area (TPSA) is 47.3 Å². The molecule has 0 aliphatic carbocycles. The van der Waals surface area contributed by atoms with Gasteiger partial charge in [-0.3, -0.25) is 5.84 Å². The lowest BCUT2D eigenvalue weighted by molar-refractivity contribution is 0.267. The van der Waals surface area contributed by atoms with Crippen LogP contribution >= 0.6 is 0 Å². The van der Waals surface area contributed by atoms with E-state index in [2.05, 4.69) is 36.6 Å². The molecule has 100 valence electrons. The van der Waals surface area contributed by atoms with E-state index in [0.717, 1.165) is 17.7 Å². The Morgan fingerprint density at radius 2 is 1.74 bits per heavy atom. The molecule has 19 heavy (non-hydrogen) atoms. The summed E-state index contributed by atoms with van der Waals surface area (Å²) >= 11 is 0. The minimum Gasteiger partial charge on any atom is -0.492 e. The maximum Gasteiger partial charge on any atom is 0.119 e. The Balaban J connectivity index is 1.99. The molecule has 0 fully saturated rings. The maximum absolute atomic E-state index is 5.73. The molecule has 3 N–H and O–H groups in total. The number of rotatable bonds is 6. The molecule has 0 aliphatic rings. The highest BCUT2D eigenvalue weighted by molar-refractivity contribution is 5.26. The van der Waals surface area contributed by atoms with Crippen LogP contribution in [0.15, 0.2) is 54.6 Å². The van der Waals surface area contributed by atoms with Crippen molar-refractivity contribution >= 4 is 0 Å². The van der Waals surface area contributed by atoms with Gasteiger partial charge < -0.3 is 4.74 Å². The summed E-state index contributed by atoms with van der Waals surface area (Å²) < 4.78 is 5.73. The normalized spacial score (nSPS) is 12.1. The van der Waals surface area contributed by atoms with E-state index in [1.807, 2.05) is 30.3 Å². The van der Waals surface area contributed by atoms with Crippen LogP contribution in [-0.2, 0) is 6.42 Å². The Morgan fingerprint density at radius 1 is 1.05 bits per heavy atom. The van der Waals surface area contributed by atoms with E-state index in [-0.39, 0.29) is 6.04 Å². The van der Waals surface area contributed by atoms with E-state index in [4.69, 9.17) is 10.6 Å². The predicted octanol–water partition coefficient (Wildman–Crippen LogP) is 2.83. The number of para-hydroxylation sites is 1. The van der Waals surface area contributed by atoms with E-state index in [1.54, 1.807) is 0 Å². The van der Waals surface area contributed by atoms with Crippen molar-refractivity contribution < 1.29 is 4.74 Å². The molecule has 0 saturated heterocycles. The zero-order chi connectivity index (χ0) is 13.5. The zero-order valence-electron chi connectivity index (χ0n) is 11.2. The molecule has 3 heteroatoms. The summed E-state index contributed by atoms with van der Waals surface area (Å²) in [4.78, 5) is 0. The first-order valence-corrected chi connectivity index (χ1v) is 6.56. The molecular weight excluding hydrogens is 236 g/mol. The van der Waals surface area contributed by atoms with Crippen LogP contribution in [0.5, 0.6) is 5.75 Å². The summed E-state index contributed by atoms with van der Waals surface area (Å²) in [7, 11) is 0. The van der Waals surface area contributed by atoms with Crippen molar-refractivity contribution in [3.63, 3.8) is 0 Å². The van der Waals surface area contributed by atoms with Gasteiger partial charge in [0.15, 0.2) is 0 Å². The van der Waals surface area contributed by atoms with Crippen LogP contribution in [0, 0.1) is 0 Å². The highest BCUT2D eigenvalue weighted by Gasteiger charge is 2.10. The Kier molecular flexibility index (Phi) is 4.95. The van der Waals surface area contributed by atoms with Crippen LogP contribution < -0.4 is 16.0 Å². The largest absolute Gasteiger partial charge is 0.492 e. The number of aryl methyl sites for hydroxylation is 1. The lowest BCUT2D eigenvalue weighted by Crippen LogP contribution is -2.32. The van der Waals surface area contributed by atoms with Gasteiger partial charge in [0, 0.05) is 0 Å². The Bertz CT molecular complexity index is 482. The third-order valence-electron chi connectivity index (χ3n) is 3.15. The Morgan fingerprint density at radius 3 is 2.32 bits per heavy atom. The maximum atomic E-state index is 5.73. The molecule has 2 aromatic carbocycles. The molecule has 1 atom stereocenters. The third-order valence-corrected chi connectivity index (χ3v) is 3.15. The molecule has 0 aromatic heterocycles. The van der Waals surface area contributed by atoms with Crippen molar-refractivity contribution in [2.45, 2.75) is 19.4 Å². The van der Waals surface area contributed by atoms with Crippen LogP contribution in [0.1, 0.15) is 24.1 Å². The number of hydrogen-bond donors (Lipinski definition) is 2. The number of nitrogens with one attached hydrogen (secondary N) is 1. The minimum absolute atomic E-state index is 0.00823. The molecular formula is C16H20N2O. The third kappa shape index (κ3) is 3.81. The van der Waals surface area contributed by atoms with Gasteiger partial charge in [0.2, 0.25) is 0 Å². The van der Waals surface area contributed by atoms with Crippen molar-refractivity contribution in [1.29, 1.82) is 0 Å². The van der Waals surface area contributed by atoms with E-state index in [0.29, 0.717) is 6.61 Å². The summed E-state index contributed by atoms with van der Waals surface area (Å²) in [6.07, 6.45) is 1.04. The number of ether oxygens (including phenoxy) is 1. The second-order valence-electron chi connectivity index (χ2n) is 4.44. The van der Waals surface area contributed by atoms with Gasteiger partial charge in [-0.25, -0.2) is 5.43 Å². The average Bonchev–Trinajstić information content (AvgIpc) is 2.49. The SMILES string of the molecule is CCc1ccc(C(COc2ccccc2)NN)cc1. The molecule has 2 aromatic rings. The van der Waals surface area contributed by atoms with E-state index in [1.165, 1.54) is 5.56 Å². The van der Waals surface area contributed by atoms with Gasteiger partial charge in [-0.1, -0.05) is 49.4 Å². The van der Waals surface area contributed by atoms with Crippen molar-refractivity contribution in [3.8, 4) is 5.75 Å². The average molecular weight is 256 g/mol. The van der Waals surface area contributed by atoms with Crippen molar-refractivity contribution in [2.75, 3.05) is 6.61 Å². The first-order chi connectivity index (χ1) is 9.33. The highest BCUT2D eigenvalue weighted by Crippen LogP contribution is 2.16. The fourth-order valence-corrected chi connectivity index (χ4v) is 1.92. The molecule has 2 rings (SSSR count). The quantitative estimate of drug-likeness (QED) is 0.617. The molecule has 0 amide bonds. The van der Waals surface area contributed by atoms with Crippen LogP contribution in [0.2, 0.25) is 0 Å². The minimum atomic E-state index is -0.00823. The second-order valence-corrected chi connectivity index (χ2v) is 4.44. The van der Waals surface area contributed by atoms with Crippen LogP contribution in [0.25, 0.3) is 0 Å². The molecule has 0 aliphatic heterocycles. The number of benzene rings is 2. The lowest BCUT2D eigenvalue weighted by atomic mass is 10.0. The van der Waals surface area contributed by atoms with Crippen LogP contribution in [0.4, 0.5) is 0 Å². The van der Waals surface area contributed by atoms with Crippen LogP contribution in [0.3, 0.4) is 0 Å². The fraction of sp³-hybridized carbons (Fsp3) is 0.250. The fourth-order valence-electron chi connectivity index (χ4n) is 1.92. The predicted molar refractivity (Wildman–Crippen MR) is 77.8 cm³/mol. The molecule has 0 bridgehead atoms. The summed E-state index contributed by atoms with van der Waals surface area (Å²) in [6.45, 7) is 2.65. The zero-order valence-corrected chi connectivity index (χ0v) is 11.2. The first kappa shape index (κ1) is 13.6. The monoisotopic (exact) mass is 256 g/mol. The van der Waals surface area contributed by atoms with Crippen LogP contribution in [-0.4, -0.2) is 6.61 Å². The van der Waals surface area contributed by atoms with Crippen molar-refractivity contribution in [1.82, 2.24) is 5.43 Å². The van der Waals surface area contributed by atoms with E-state index < -0.39 is 0 Å². The first-order valence-electron chi connectivity index (χ1n) is 6.56. The molecule has 0 saturated carbocycles. The summed E-state index contributed by atoms with van der Waals surface area (Å²) in [6, 6.07) is 18.2. The van der Waals surface area contributed by atoms with Crippen molar-refractivity contribution in [2.24, 2.45) is 5.84 Å². The van der Waals surface area contributed by atoms with Gasteiger partial charge in [0.05, 0.1) is 6.04 Å². The van der Waals surface area contributed by atoms with Gasteiger partial charge in [-0.05, 0) is 29.7 Å². The standard InChI is InChI=1S/C16H20N2O/c1-2-13-8-10-14(11-9-13)16(18-17)12-19-15-6-4-3-5-7-15/h3-11,16,18H,2,12,17H2,1H3. The smallest absolute Gasteiger partial charge is 0.119 e. The molecule has 1 unspecified atom stereocenters. The second kappa shape index (κ2) is 6.92. The van der Waals surface area contributed by atoms with Gasteiger partial charge >= 0.3 is 0 Å². The molecule has 0 spiro atoms. The Hall–Kier alpha value is -1.84. The van der Waals surface area contributed by atoms with Gasteiger partial charge in [-0.15, -0.1) is 0 Å². The van der Waals surface area contributed by atoms with E-state index in [9.17, 15) is 0 Å². The molecule has 3 nitrogen and oxygen atoms in total. The Labute approximate surface area is 114 Å². The van der Waals surface area contributed by atoms with Gasteiger partial charge in [0.1, 0.15) is 12.4 Å². The summed E-state index contributed by atoms with van der Waals surface area (Å²) in [5, 5.41) is 0. The molecule has 0 heterocycles.